The summed E-state index contributed by atoms with van der Waals surface area (Å²) in [7, 11) is 0. The molecule has 0 unspecified atom stereocenters. The Hall–Kier alpha value is -3.26. The van der Waals surface area contributed by atoms with Crippen LogP contribution >= 0.6 is 15.9 Å². The summed E-state index contributed by atoms with van der Waals surface area (Å²) in [5, 5.41) is 10.4. The fourth-order valence-electron chi connectivity index (χ4n) is 4.97. The molecule has 1 aliphatic carbocycles. The van der Waals surface area contributed by atoms with Crippen LogP contribution in [0.4, 0.5) is 4.39 Å². The molecule has 1 N–H and O–H groups in total. The fourth-order valence-corrected chi connectivity index (χ4v) is 5.30. The van der Waals surface area contributed by atoms with Crippen LogP contribution in [0.15, 0.2) is 59.2 Å². The van der Waals surface area contributed by atoms with Crippen LogP contribution in [0.25, 0.3) is 11.0 Å². The van der Waals surface area contributed by atoms with Crippen molar-refractivity contribution in [2.45, 2.75) is 57.6 Å². The number of rotatable bonds is 7. The van der Waals surface area contributed by atoms with Gasteiger partial charge in [0.15, 0.2) is 0 Å². The minimum atomic E-state index is -1.10. The van der Waals surface area contributed by atoms with Crippen molar-refractivity contribution < 1.29 is 19.0 Å². The standard InChI is InChI=1S/C28H27BrFN3O3/c1-18-5-8-21(31-15-18)17-36-22-9-10-24-25(14-22)33(16-19-6-7-20(29)13-23(19)30)26(32-24)28(27(34)35)11-3-2-4-12-28/h5-10,13-15H,2-4,11-12,16-17H2,1H3,(H,34,35). The molecule has 186 valence electrons. The number of ether oxygens (including phenoxy) is 1. The molecule has 4 aromatic rings. The summed E-state index contributed by atoms with van der Waals surface area (Å²) in [6, 6.07) is 14.3. The molecular formula is C28H27BrFN3O3. The van der Waals surface area contributed by atoms with Gasteiger partial charge < -0.3 is 14.4 Å². The Morgan fingerprint density at radius 3 is 2.64 bits per heavy atom. The van der Waals surface area contributed by atoms with Crippen LogP contribution in [0, 0.1) is 12.7 Å². The van der Waals surface area contributed by atoms with Crippen molar-refractivity contribution in [1.29, 1.82) is 0 Å². The maximum atomic E-state index is 14.9. The molecule has 6 nitrogen and oxygen atoms in total. The molecule has 2 heterocycles. The van der Waals surface area contributed by atoms with E-state index in [1.807, 2.05) is 41.8 Å². The lowest BCUT2D eigenvalue weighted by Gasteiger charge is -2.33. The minimum Gasteiger partial charge on any atom is -0.487 e. The number of nitrogens with zero attached hydrogens (tertiary/aromatic N) is 3. The molecule has 0 saturated heterocycles. The van der Waals surface area contributed by atoms with Crippen LogP contribution in [0.2, 0.25) is 0 Å². The van der Waals surface area contributed by atoms with Crippen LogP contribution in [0.5, 0.6) is 5.75 Å². The Morgan fingerprint density at radius 1 is 1.14 bits per heavy atom. The number of hydrogen-bond acceptors (Lipinski definition) is 4. The number of carboxylic acid groups (broad SMARTS) is 1. The first-order valence-electron chi connectivity index (χ1n) is 12.1. The highest BCUT2D eigenvalue weighted by Crippen LogP contribution is 2.41. The fraction of sp³-hybridized carbons (Fsp3) is 0.321. The van der Waals surface area contributed by atoms with Gasteiger partial charge in [0.2, 0.25) is 0 Å². The molecule has 0 amide bonds. The second-order valence-electron chi connectivity index (χ2n) is 9.47. The average Bonchev–Trinajstić information content (AvgIpc) is 3.23. The third-order valence-electron chi connectivity index (χ3n) is 6.97. The molecule has 0 radical (unpaired) electrons. The number of carbonyl (C=O) groups is 1. The molecule has 0 aliphatic heterocycles. The minimum absolute atomic E-state index is 0.170. The van der Waals surface area contributed by atoms with E-state index in [1.54, 1.807) is 18.3 Å². The average molecular weight is 552 g/mol. The van der Waals surface area contributed by atoms with Crippen molar-refractivity contribution in [3.8, 4) is 5.75 Å². The number of carboxylic acids is 1. The van der Waals surface area contributed by atoms with Crippen LogP contribution in [-0.4, -0.2) is 25.6 Å². The molecule has 0 spiro atoms. The Bertz CT molecular complexity index is 1410. The van der Waals surface area contributed by atoms with E-state index in [0.717, 1.165) is 30.5 Å². The molecule has 36 heavy (non-hydrogen) atoms. The van der Waals surface area contributed by atoms with E-state index < -0.39 is 11.4 Å². The van der Waals surface area contributed by atoms with Gasteiger partial charge >= 0.3 is 5.97 Å². The zero-order chi connectivity index (χ0) is 25.3. The summed E-state index contributed by atoms with van der Waals surface area (Å²) in [5.74, 6) is -0.147. The first kappa shape index (κ1) is 24.4. The van der Waals surface area contributed by atoms with Gasteiger partial charge in [0.25, 0.3) is 0 Å². The normalized spacial score (nSPS) is 15.2. The molecule has 2 aromatic heterocycles. The van der Waals surface area contributed by atoms with Gasteiger partial charge in [0.05, 0.1) is 23.3 Å². The number of halogens is 2. The molecule has 1 saturated carbocycles. The quantitative estimate of drug-likeness (QED) is 0.281. The van der Waals surface area contributed by atoms with Crippen molar-refractivity contribution in [3.05, 3.63) is 87.7 Å². The van der Waals surface area contributed by atoms with E-state index in [4.69, 9.17) is 9.72 Å². The van der Waals surface area contributed by atoms with Crippen molar-refractivity contribution in [3.63, 3.8) is 0 Å². The van der Waals surface area contributed by atoms with Gasteiger partial charge in [0, 0.05) is 22.3 Å². The molecule has 5 rings (SSSR count). The second-order valence-corrected chi connectivity index (χ2v) is 10.4. The van der Waals surface area contributed by atoms with Gasteiger partial charge in [0.1, 0.15) is 29.4 Å². The zero-order valence-electron chi connectivity index (χ0n) is 20.0. The van der Waals surface area contributed by atoms with E-state index in [1.165, 1.54) is 6.07 Å². The molecule has 0 bridgehead atoms. The van der Waals surface area contributed by atoms with Crippen molar-refractivity contribution in [1.82, 2.24) is 14.5 Å². The molecule has 8 heteroatoms. The third kappa shape index (κ3) is 4.74. The number of aryl methyl sites for hydroxylation is 1. The molecule has 0 atom stereocenters. The highest BCUT2D eigenvalue weighted by Gasteiger charge is 2.45. The lowest BCUT2D eigenvalue weighted by Crippen LogP contribution is -2.40. The molecule has 1 fully saturated rings. The lowest BCUT2D eigenvalue weighted by atomic mass is 9.73. The Kier molecular flexibility index (Phi) is 6.79. The summed E-state index contributed by atoms with van der Waals surface area (Å²) in [4.78, 5) is 21.9. The number of benzene rings is 2. The van der Waals surface area contributed by atoms with Gasteiger partial charge in [-0.1, -0.05) is 47.3 Å². The number of imidazole rings is 1. The predicted molar refractivity (Wildman–Crippen MR) is 139 cm³/mol. The van der Waals surface area contributed by atoms with E-state index in [2.05, 4.69) is 20.9 Å². The predicted octanol–water partition coefficient (Wildman–Crippen LogP) is 6.56. The maximum Gasteiger partial charge on any atom is 0.317 e. The molecule has 2 aromatic carbocycles. The van der Waals surface area contributed by atoms with E-state index in [-0.39, 0.29) is 12.4 Å². The van der Waals surface area contributed by atoms with E-state index >= 15 is 0 Å². The summed E-state index contributed by atoms with van der Waals surface area (Å²) < 4.78 is 23.4. The van der Waals surface area contributed by atoms with E-state index in [0.29, 0.717) is 52.1 Å². The van der Waals surface area contributed by atoms with Gasteiger partial charge in [-0.25, -0.2) is 9.37 Å². The SMILES string of the molecule is Cc1ccc(COc2ccc3nc(C4(C(=O)O)CCCCC4)n(Cc4ccc(Br)cc4F)c3c2)nc1. The summed E-state index contributed by atoms with van der Waals surface area (Å²) in [6.45, 7) is 2.45. The van der Waals surface area contributed by atoms with Gasteiger partial charge in [-0.3, -0.25) is 9.78 Å². The third-order valence-corrected chi connectivity index (χ3v) is 7.46. The van der Waals surface area contributed by atoms with Crippen LogP contribution in [0.1, 0.15) is 54.7 Å². The molecular weight excluding hydrogens is 525 g/mol. The highest BCUT2D eigenvalue weighted by atomic mass is 79.9. The number of hydrogen-bond donors (Lipinski definition) is 1. The highest BCUT2D eigenvalue weighted by molar-refractivity contribution is 9.10. The maximum absolute atomic E-state index is 14.9. The smallest absolute Gasteiger partial charge is 0.317 e. The van der Waals surface area contributed by atoms with E-state index in [9.17, 15) is 14.3 Å². The Morgan fingerprint density at radius 2 is 1.94 bits per heavy atom. The summed E-state index contributed by atoms with van der Waals surface area (Å²) in [5.41, 5.74) is 2.62. The van der Waals surface area contributed by atoms with Crippen molar-refractivity contribution in [2.75, 3.05) is 0 Å². The first-order chi connectivity index (χ1) is 17.4. The van der Waals surface area contributed by atoms with Crippen LogP contribution < -0.4 is 4.74 Å². The lowest BCUT2D eigenvalue weighted by molar-refractivity contribution is -0.145. The van der Waals surface area contributed by atoms with Gasteiger partial charge in [-0.05, 0) is 55.7 Å². The molecule has 1 aliphatic rings. The van der Waals surface area contributed by atoms with Gasteiger partial charge in [-0.15, -0.1) is 0 Å². The zero-order valence-corrected chi connectivity index (χ0v) is 21.6. The number of aliphatic carboxylic acids is 1. The number of pyridine rings is 1. The van der Waals surface area contributed by atoms with Crippen molar-refractivity contribution in [2.24, 2.45) is 0 Å². The second kappa shape index (κ2) is 10.0. The number of fused-ring (bicyclic) bond motifs is 1. The monoisotopic (exact) mass is 551 g/mol. The van der Waals surface area contributed by atoms with Crippen molar-refractivity contribution >= 4 is 32.9 Å². The van der Waals surface area contributed by atoms with Gasteiger partial charge in [-0.2, -0.15) is 0 Å². The van der Waals surface area contributed by atoms with Crippen LogP contribution in [0.3, 0.4) is 0 Å². The number of aromatic nitrogens is 3. The Labute approximate surface area is 217 Å². The topological polar surface area (TPSA) is 77.2 Å². The van der Waals surface area contributed by atoms with Crippen LogP contribution in [-0.2, 0) is 23.4 Å². The summed E-state index contributed by atoms with van der Waals surface area (Å²) in [6.07, 6.45) is 5.46. The summed E-state index contributed by atoms with van der Waals surface area (Å²) >= 11 is 3.31. The first-order valence-corrected chi connectivity index (χ1v) is 12.9. The Balaban J connectivity index is 1.58. The largest absolute Gasteiger partial charge is 0.487 e.